The summed E-state index contributed by atoms with van der Waals surface area (Å²) in [6, 6.07) is 5.58. The van der Waals surface area contributed by atoms with Crippen molar-refractivity contribution in [1.29, 1.82) is 0 Å². The molecule has 0 unspecified atom stereocenters. The van der Waals surface area contributed by atoms with Gasteiger partial charge < -0.3 is 4.74 Å². The van der Waals surface area contributed by atoms with Crippen molar-refractivity contribution in [2.24, 2.45) is 5.92 Å². The van der Waals surface area contributed by atoms with Crippen LogP contribution in [0.15, 0.2) is 29.2 Å². The second-order valence-corrected chi connectivity index (χ2v) is 9.18. The van der Waals surface area contributed by atoms with Gasteiger partial charge in [0.15, 0.2) is 0 Å². The van der Waals surface area contributed by atoms with Gasteiger partial charge in [0, 0.05) is 16.9 Å². The number of hydrogen-bond donors (Lipinski definition) is 1. The number of halogens is 3. The van der Waals surface area contributed by atoms with Crippen molar-refractivity contribution in [2.75, 3.05) is 12.4 Å². The number of hydrogen-bond acceptors (Lipinski definition) is 4. The van der Waals surface area contributed by atoms with E-state index in [-0.39, 0.29) is 34.4 Å². The van der Waals surface area contributed by atoms with Crippen LogP contribution >= 0.6 is 11.8 Å². The van der Waals surface area contributed by atoms with E-state index >= 15 is 0 Å². The molecule has 2 rings (SSSR count). The zero-order chi connectivity index (χ0) is 18.5. The number of thioether (sulfide) groups is 1. The van der Waals surface area contributed by atoms with E-state index in [0.717, 1.165) is 25.7 Å². The highest BCUT2D eigenvalue weighted by Crippen LogP contribution is 2.37. The summed E-state index contributed by atoms with van der Waals surface area (Å²) in [7, 11) is -3.27. The van der Waals surface area contributed by atoms with E-state index in [0.29, 0.717) is 12.4 Å². The number of ether oxygens (including phenoxy) is 1. The molecule has 0 saturated heterocycles. The molecule has 142 valence electrons. The van der Waals surface area contributed by atoms with Crippen molar-refractivity contribution in [3.8, 4) is 5.75 Å². The lowest BCUT2D eigenvalue weighted by atomic mass is 9.86. The molecule has 1 aromatic carbocycles. The standard InChI is InChI=1S/C16H22F3NO3S2/c1-2-25(21,22)20-15-6-4-3-5-12(15)11-23-13-7-9-14(10-8-13)24-16(17,18)19/h7-10,12,15,20H,2-6,11H2,1H3/t12-,15+/m1/s1. The molecule has 0 spiro atoms. The van der Waals surface area contributed by atoms with Crippen LogP contribution in [-0.4, -0.2) is 32.3 Å². The van der Waals surface area contributed by atoms with Crippen LogP contribution in [0.5, 0.6) is 5.75 Å². The molecular formula is C16H22F3NO3S2. The zero-order valence-electron chi connectivity index (χ0n) is 13.9. The van der Waals surface area contributed by atoms with Gasteiger partial charge in [-0.25, -0.2) is 13.1 Å². The smallest absolute Gasteiger partial charge is 0.446 e. The largest absolute Gasteiger partial charge is 0.493 e. The molecule has 0 bridgehead atoms. The maximum absolute atomic E-state index is 12.3. The first-order chi connectivity index (χ1) is 11.7. The van der Waals surface area contributed by atoms with Crippen molar-refractivity contribution >= 4 is 21.8 Å². The zero-order valence-corrected chi connectivity index (χ0v) is 15.5. The Kier molecular flexibility index (Phi) is 7.04. The van der Waals surface area contributed by atoms with Gasteiger partial charge in [-0.05, 0) is 55.8 Å². The highest BCUT2D eigenvalue weighted by molar-refractivity contribution is 8.00. The Morgan fingerprint density at radius 3 is 2.44 bits per heavy atom. The van der Waals surface area contributed by atoms with Crippen molar-refractivity contribution < 1.29 is 26.3 Å². The van der Waals surface area contributed by atoms with Gasteiger partial charge in [-0.15, -0.1) is 0 Å². The van der Waals surface area contributed by atoms with Crippen molar-refractivity contribution in [3.63, 3.8) is 0 Å². The minimum Gasteiger partial charge on any atom is -0.493 e. The fourth-order valence-corrected chi connectivity index (χ4v) is 4.29. The average Bonchev–Trinajstić information content (AvgIpc) is 2.54. The molecule has 4 nitrogen and oxygen atoms in total. The fourth-order valence-electron chi connectivity index (χ4n) is 2.82. The van der Waals surface area contributed by atoms with E-state index in [1.165, 1.54) is 24.3 Å². The summed E-state index contributed by atoms with van der Waals surface area (Å²) in [5.41, 5.74) is -4.31. The average molecular weight is 397 g/mol. The van der Waals surface area contributed by atoms with Crippen LogP contribution in [0.3, 0.4) is 0 Å². The summed E-state index contributed by atoms with van der Waals surface area (Å²) < 4.78 is 68.9. The second kappa shape index (κ2) is 8.64. The molecule has 2 atom stereocenters. The first kappa shape index (κ1) is 20.4. The van der Waals surface area contributed by atoms with Crippen LogP contribution < -0.4 is 9.46 Å². The predicted molar refractivity (Wildman–Crippen MR) is 92.2 cm³/mol. The van der Waals surface area contributed by atoms with Gasteiger partial charge >= 0.3 is 5.51 Å². The highest BCUT2D eigenvalue weighted by atomic mass is 32.2. The van der Waals surface area contributed by atoms with Gasteiger partial charge in [-0.3, -0.25) is 0 Å². The lowest BCUT2D eigenvalue weighted by molar-refractivity contribution is -0.0328. The Bertz CT molecular complexity index is 648. The third-order valence-electron chi connectivity index (χ3n) is 4.14. The van der Waals surface area contributed by atoms with E-state index in [4.69, 9.17) is 4.74 Å². The molecule has 1 saturated carbocycles. The molecule has 1 aliphatic carbocycles. The number of rotatable bonds is 7. The Labute approximate surface area is 150 Å². The minimum atomic E-state index is -4.31. The molecule has 1 N–H and O–H groups in total. The van der Waals surface area contributed by atoms with Crippen LogP contribution in [0.2, 0.25) is 0 Å². The monoisotopic (exact) mass is 397 g/mol. The van der Waals surface area contributed by atoms with Crippen LogP contribution in [0.25, 0.3) is 0 Å². The molecule has 0 amide bonds. The van der Waals surface area contributed by atoms with Crippen LogP contribution in [-0.2, 0) is 10.0 Å². The first-order valence-corrected chi connectivity index (χ1v) is 10.6. The highest BCUT2D eigenvalue weighted by Gasteiger charge is 2.30. The number of sulfonamides is 1. The number of nitrogens with one attached hydrogen (secondary N) is 1. The Hall–Kier alpha value is -0.930. The van der Waals surface area contributed by atoms with Gasteiger partial charge in [0.2, 0.25) is 10.0 Å². The Morgan fingerprint density at radius 2 is 1.84 bits per heavy atom. The minimum absolute atomic E-state index is 0.0371. The van der Waals surface area contributed by atoms with Crippen LogP contribution in [0.1, 0.15) is 32.6 Å². The summed E-state index contributed by atoms with van der Waals surface area (Å²) in [5.74, 6) is 0.573. The summed E-state index contributed by atoms with van der Waals surface area (Å²) >= 11 is -0.167. The summed E-state index contributed by atoms with van der Waals surface area (Å²) in [6.45, 7) is 1.93. The maximum Gasteiger partial charge on any atom is 0.446 e. The molecule has 0 aliphatic heterocycles. The summed E-state index contributed by atoms with van der Waals surface area (Å²) in [4.78, 5) is 0.103. The van der Waals surface area contributed by atoms with Gasteiger partial charge in [0.05, 0.1) is 12.4 Å². The van der Waals surface area contributed by atoms with Crippen LogP contribution in [0, 0.1) is 5.92 Å². The predicted octanol–water partition coefficient (Wildman–Crippen LogP) is 4.18. The molecule has 0 radical (unpaired) electrons. The van der Waals surface area contributed by atoms with Crippen LogP contribution in [0.4, 0.5) is 13.2 Å². The first-order valence-electron chi connectivity index (χ1n) is 8.17. The van der Waals surface area contributed by atoms with Gasteiger partial charge in [0.25, 0.3) is 0 Å². The van der Waals surface area contributed by atoms with Gasteiger partial charge in [0.1, 0.15) is 5.75 Å². The second-order valence-electron chi connectivity index (χ2n) is 6.00. The summed E-state index contributed by atoms with van der Waals surface area (Å²) in [5, 5.41) is 0. The third kappa shape index (κ3) is 7.07. The van der Waals surface area contributed by atoms with Gasteiger partial charge in [-0.2, -0.15) is 13.2 Å². The molecule has 0 heterocycles. The third-order valence-corrected chi connectivity index (χ3v) is 6.30. The molecule has 25 heavy (non-hydrogen) atoms. The molecule has 1 aromatic rings. The lowest BCUT2D eigenvalue weighted by Crippen LogP contribution is -2.44. The molecule has 1 fully saturated rings. The van der Waals surface area contributed by atoms with E-state index in [9.17, 15) is 21.6 Å². The Balaban J connectivity index is 1.92. The topological polar surface area (TPSA) is 55.4 Å². The molecule has 1 aliphatic rings. The van der Waals surface area contributed by atoms with Crippen molar-refractivity contribution in [2.45, 2.75) is 49.1 Å². The fraction of sp³-hybridized carbons (Fsp3) is 0.625. The van der Waals surface area contributed by atoms with E-state index in [2.05, 4.69) is 4.72 Å². The van der Waals surface area contributed by atoms with E-state index < -0.39 is 15.5 Å². The maximum atomic E-state index is 12.3. The molecular weight excluding hydrogens is 375 g/mol. The SMILES string of the molecule is CCS(=O)(=O)N[C@H]1CCCC[C@@H]1COc1ccc(SC(F)(F)F)cc1. The van der Waals surface area contributed by atoms with Crippen molar-refractivity contribution in [1.82, 2.24) is 4.72 Å². The lowest BCUT2D eigenvalue weighted by Gasteiger charge is -2.31. The van der Waals surface area contributed by atoms with Crippen molar-refractivity contribution in [3.05, 3.63) is 24.3 Å². The molecule has 9 heteroatoms. The Morgan fingerprint density at radius 1 is 1.20 bits per heavy atom. The summed E-state index contributed by atoms with van der Waals surface area (Å²) in [6.07, 6.45) is 3.61. The number of benzene rings is 1. The van der Waals surface area contributed by atoms with E-state index in [1.54, 1.807) is 6.92 Å². The molecule has 0 aromatic heterocycles. The van der Waals surface area contributed by atoms with Gasteiger partial charge in [-0.1, -0.05) is 12.8 Å². The quantitative estimate of drug-likeness (QED) is 0.702. The van der Waals surface area contributed by atoms with E-state index in [1.807, 2.05) is 0 Å². The number of alkyl halides is 3. The normalized spacial score (nSPS) is 21.9.